The van der Waals surface area contributed by atoms with Crippen LogP contribution in [0.25, 0.3) is 0 Å². The average Bonchev–Trinajstić information content (AvgIpc) is 2.53. The predicted octanol–water partition coefficient (Wildman–Crippen LogP) is 2.60. The second-order valence-electron chi connectivity index (χ2n) is 5.21. The molecule has 1 atom stereocenters. The summed E-state index contributed by atoms with van der Waals surface area (Å²) in [6, 6.07) is 7.43. The molecule has 1 unspecified atom stereocenters. The molecule has 1 aromatic carbocycles. The first-order chi connectivity index (χ1) is 10.3. The van der Waals surface area contributed by atoms with Crippen LogP contribution >= 0.6 is 12.4 Å². The lowest BCUT2D eigenvalue weighted by molar-refractivity contribution is -0.118. The SMILES string of the molecule is COCCCOc1cccc(NC(=O)C2CCCCN2)c1.Cl. The van der Waals surface area contributed by atoms with E-state index in [4.69, 9.17) is 9.47 Å². The molecule has 6 heteroatoms. The van der Waals surface area contributed by atoms with Crippen molar-refractivity contribution in [3.8, 4) is 5.75 Å². The Hall–Kier alpha value is -1.30. The molecule has 0 saturated carbocycles. The molecule has 2 rings (SSSR count). The maximum Gasteiger partial charge on any atom is 0.241 e. The van der Waals surface area contributed by atoms with Crippen molar-refractivity contribution >= 4 is 24.0 Å². The van der Waals surface area contributed by atoms with Gasteiger partial charge in [-0.25, -0.2) is 0 Å². The van der Waals surface area contributed by atoms with Gasteiger partial charge in [-0.15, -0.1) is 12.4 Å². The molecule has 5 nitrogen and oxygen atoms in total. The van der Waals surface area contributed by atoms with E-state index in [9.17, 15) is 4.79 Å². The highest BCUT2D eigenvalue weighted by molar-refractivity contribution is 5.95. The van der Waals surface area contributed by atoms with E-state index < -0.39 is 0 Å². The first-order valence-corrected chi connectivity index (χ1v) is 7.55. The molecular formula is C16H25ClN2O3. The zero-order valence-corrected chi connectivity index (χ0v) is 13.8. The summed E-state index contributed by atoms with van der Waals surface area (Å²) >= 11 is 0. The summed E-state index contributed by atoms with van der Waals surface area (Å²) in [7, 11) is 1.68. The van der Waals surface area contributed by atoms with Gasteiger partial charge in [0.2, 0.25) is 5.91 Å². The highest BCUT2D eigenvalue weighted by Gasteiger charge is 2.20. The number of hydrogen-bond donors (Lipinski definition) is 2. The number of hydrogen-bond acceptors (Lipinski definition) is 4. The Morgan fingerprint density at radius 2 is 2.23 bits per heavy atom. The highest BCUT2D eigenvalue weighted by Crippen LogP contribution is 2.18. The van der Waals surface area contributed by atoms with Gasteiger partial charge >= 0.3 is 0 Å². The third kappa shape index (κ3) is 6.22. The summed E-state index contributed by atoms with van der Waals surface area (Å²) in [5.74, 6) is 0.798. The Bertz CT molecular complexity index is 451. The largest absolute Gasteiger partial charge is 0.493 e. The van der Waals surface area contributed by atoms with Gasteiger partial charge in [0.15, 0.2) is 0 Å². The molecule has 0 aliphatic carbocycles. The van der Waals surface area contributed by atoms with Crippen LogP contribution in [0.2, 0.25) is 0 Å². The van der Waals surface area contributed by atoms with E-state index in [2.05, 4.69) is 10.6 Å². The molecule has 1 aliphatic heterocycles. The van der Waals surface area contributed by atoms with Gasteiger partial charge in [-0.2, -0.15) is 0 Å². The number of nitrogens with one attached hydrogen (secondary N) is 2. The van der Waals surface area contributed by atoms with Gasteiger partial charge in [-0.3, -0.25) is 4.79 Å². The van der Waals surface area contributed by atoms with Crippen LogP contribution in [0.5, 0.6) is 5.75 Å². The minimum atomic E-state index is -0.0787. The van der Waals surface area contributed by atoms with E-state index >= 15 is 0 Å². The van der Waals surface area contributed by atoms with Gasteiger partial charge in [0.05, 0.1) is 12.6 Å². The molecule has 1 aliphatic rings. The van der Waals surface area contributed by atoms with E-state index in [0.29, 0.717) is 13.2 Å². The number of halogens is 1. The Kier molecular flexibility index (Phi) is 8.89. The summed E-state index contributed by atoms with van der Waals surface area (Å²) in [5, 5.41) is 6.19. The maximum absolute atomic E-state index is 12.1. The maximum atomic E-state index is 12.1. The van der Waals surface area contributed by atoms with Crippen LogP contribution < -0.4 is 15.4 Å². The van der Waals surface area contributed by atoms with Crippen molar-refractivity contribution in [2.75, 3.05) is 32.2 Å². The Labute approximate surface area is 138 Å². The third-order valence-electron chi connectivity index (χ3n) is 3.49. The molecule has 2 N–H and O–H groups in total. The number of carbonyl (C=O) groups excluding carboxylic acids is 1. The van der Waals surface area contributed by atoms with Gasteiger partial charge in [-0.05, 0) is 31.5 Å². The number of rotatable bonds is 7. The normalized spacial score (nSPS) is 17.4. The monoisotopic (exact) mass is 328 g/mol. The molecule has 22 heavy (non-hydrogen) atoms. The van der Waals surface area contributed by atoms with Crippen LogP contribution in [0.15, 0.2) is 24.3 Å². The number of ether oxygens (including phenoxy) is 2. The molecule has 0 bridgehead atoms. The van der Waals surface area contributed by atoms with Crippen LogP contribution in [0.4, 0.5) is 5.69 Å². The molecule has 1 saturated heterocycles. The van der Waals surface area contributed by atoms with Gasteiger partial charge in [0.25, 0.3) is 0 Å². The van der Waals surface area contributed by atoms with Gasteiger partial charge in [0.1, 0.15) is 5.75 Å². The molecule has 124 valence electrons. The van der Waals surface area contributed by atoms with E-state index in [-0.39, 0.29) is 24.4 Å². The molecule has 0 spiro atoms. The Morgan fingerprint density at radius 1 is 1.36 bits per heavy atom. The van der Waals surface area contributed by atoms with Crippen molar-refractivity contribution in [1.82, 2.24) is 5.32 Å². The zero-order valence-electron chi connectivity index (χ0n) is 13.0. The third-order valence-corrected chi connectivity index (χ3v) is 3.49. The fourth-order valence-corrected chi connectivity index (χ4v) is 2.36. The number of methoxy groups -OCH3 is 1. The molecule has 1 fully saturated rings. The summed E-state index contributed by atoms with van der Waals surface area (Å²) in [6.07, 6.45) is 4.00. The van der Waals surface area contributed by atoms with Crippen molar-refractivity contribution in [2.45, 2.75) is 31.7 Å². The van der Waals surface area contributed by atoms with Crippen LogP contribution in [-0.4, -0.2) is 38.8 Å². The lowest BCUT2D eigenvalue weighted by Gasteiger charge is -2.22. The number of piperidine rings is 1. The number of amides is 1. The summed E-state index contributed by atoms with van der Waals surface area (Å²) in [5.41, 5.74) is 0.775. The zero-order chi connectivity index (χ0) is 14.9. The Balaban J connectivity index is 0.00000242. The number of benzene rings is 1. The number of carbonyl (C=O) groups is 1. The fourth-order valence-electron chi connectivity index (χ4n) is 2.36. The summed E-state index contributed by atoms with van der Waals surface area (Å²) in [6.45, 7) is 2.21. The van der Waals surface area contributed by atoms with E-state index in [1.54, 1.807) is 7.11 Å². The molecule has 0 aromatic heterocycles. The first kappa shape index (κ1) is 18.7. The van der Waals surface area contributed by atoms with Gasteiger partial charge in [-0.1, -0.05) is 12.5 Å². The van der Waals surface area contributed by atoms with Crippen LogP contribution in [0.1, 0.15) is 25.7 Å². The van der Waals surface area contributed by atoms with E-state index in [1.807, 2.05) is 24.3 Å². The first-order valence-electron chi connectivity index (χ1n) is 7.55. The Morgan fingerprint density at radius 3 is 2.95 bits per heavy atom. The highest BCUT2D eigenvalue weighted by atomic mass is 35.5. The van der Waals surface area contributed by atoms with E-state index in [1.165, 1.54) is 0 Å². The molecule has 1 heterocycles. The van der Waals surface area contributed by atoms with Crippen molar-refractivity contribution in [1.29, 1.82) is 0 Å². The minimum Gasteiger partial charge on any atom is -0.493 e. The van der Waals surface area contributed by atoms with E-state index in [0.717, 1.165) is 43.7 Å². The van der Waals surface area contributed by atoms with Gasteiger partial charge in [0, 0.05) is 31.9 Å². The second kappa shape index (κ2) is 10.4. The summed E-state index contributed by atoms with van der Waals surface area (Å²) in [4.78, 5) is 12.1. The molecule has 1 aromatic rings. The lowest BCUT2D eigenvalue weighted by atomic mass is 10.0. The van der Waals surface area contributed by atoms with Crippen LogP contribution in [0, 0.1) is 0 Å². The minimum absolute atomic E-state index is 0. The molecule has 1 amide bonds. The van der Waals surface area contributed by atoms with Crippen molar-refractivity contribution in [3.63, 3.8) is 0 Å². The smallest absolute Gasteiger partial charge is 0.241 e. The van der Waals surface area contributed by atoms with Crippen LogP contribution in [0.3, 0.4) is 0 Å². The van der Waals surface area contributed by atoms with Gasteiger partial charge < -0.3 is 20.1 Å². The molecule has 0 radical (unpaired) electrons. The second-order valence-corrected chi connectivity index (χ2v) is 5.21. The lowest BCUT2D eigenvalue weighted by Crippen LogP contribution is -2.43. The number of anilines is 1. The average molecular weight is 329 g/mol. The topological polar surface area (TPSA) is 59.6 Å². The predicted molar refractivity (Wildman–Crippen MR) is 89.9 cm³/mol. The van der Waals surface area contributed by atoms with Crippen molar-refractivity contribution in [2.24, 2.45) is 0 Å². The quantitative estimate of drug-likeness (QED) is 0.755. The summed E-state index contributed by atoms with van der Waals surface area (Å²) < 4.78 is 10.6. The standard InChI is InChI=1S/C16H24N2O3.ClH/c1-20-10-5-11-21-14-7-4-6-13(12-14)18-16(19)15-8-2-3-9-17-15;/h4,6-7,12,15,17H,2-3,5,8-11H2,1H3,(H,18,19);1H. The van der Waals surface area contributed by atoms with Crippen molar-refractivity contribution in [3.05, 3.63) is 24.3 Å². The van der Waals surface area contributed by atoms with Crippen molar-refractivity contribution < 1.29 is 14.3 Å². The fraction of sp³-hybridized carbons (Fsp3) is 0.562. The molecular weight excluding hydrogens is 304 g/mol. The van der Waals surface area contributed by atoms with Crippen LogP contribution in [-0.2, 0) is 9.53 Å².